The van der Waals surface area contributed by atoms with Crippen LogP contribution in [0.15, 0.2) is 17.5 Å². The second-order valence-corrected chi connectivity index (χ2v) is 7.81. The molecule has 1 aliphatic heterocycles. The molecule has 1 aliphatic rings. The Kier molecular flexibility index (Phi) is 5.19. The topological polar surface area (TPSA) is 80.5 Å². The van der Waals surface area contributed by atoms with Crippen molar-refractivity contribution in [1.82, 2.24) is 0 Å². The third-order valence-corrected chi connectivity index (χ3v) is 6.41. The molecule has 3 N–H and O–H groups in total. The summed E-state index contributed by atoms with van der Waals surface area (Å²) in [6.07, 6.45) is 2.28. The van der Waals surface area contributed by atoms with Crippen LogP contribution in [-0.4, -0.2) is 19.1 Å². The summed E-state index contributed by atoms with van der Waals surface area (Å²) >= 11 is 2.93. The van der Waals surface area contributed by atoms with Crippen molar-refractivity contribution in [2.24, 2.45) is 0 Å². The number of quaternary nitrogens is 1. The first-order valence-corrected chi connectivity index (χ1v) is 9.71. The molecule has 0 bridgehead atoms. The Morgan fingerprint density at radius 1 is 1.58 bits per heavy atom. The average Bonchev–Trinajstić information content (AvgIpc) is 3.28. The lowest BCUT2D eigenvalue weighted by Crippen LogP contribution is -3.08. The maximum Gasteiger partial charge on any atom is 0.348 e. The molecule has 0 radical (unpaired) electrons. The van der Waals surface area contributed by atoms with E-state index in [0.29, 0.717) is 34.6 Å². The van der Waals surface area contributed by atoms with Gasteiger partial charge in [-0.2, -0.15) is 5.26 Å². The van der Waals surface area contributed by atoms with Crippen LogP contribution in [-0.2, 0) is 11.3 Å². The van der Waals surface area contributed by atoms with E-state index in [-0.39, 0.29) is 5.97 Å². The second kappa shape index (κ2) is 7.34. The highest BCUT2D eigenvalue weighted by Crippen LogP contribution is 2.32. The monoisotopic (exact) mass is 362 g/mol. The SMILES string of the molecule is CCOC(=O)c1sc(N)c(C#N)c1C[NH+]1CCC[C@@H]1c1cccs1. The molecule has 24 heavy (non-hydrogen) atoms. The van der Waals surface area contributed by atoms with Gasteiger partial charge in [0.2, 0.25) is 0 Å². The van der Waals surface area contributed by atoms with E-state index >= 15 is 0 Å². The number of nitrogens with one attached hydrogen (secondary N) is 1. The fourth-order valence-electron chi connectivity index (χ4n) is 3.32. The zero-order valence-corrected chi connectivity index (χ0v) is 15.1. The molecule has 1 unspecified atom stereocenters. The normalized spacial score (nSPS) is 20.0. The minimum atomic E-state index is -0.378. The smallest absolute Gasteiger partial charge is 0.348 e. The van der Waals surface area contributed by atoms with Crippen molar-refractivity contribution in [2.75, 3.05) is 18.9 Å². The average molecular weight is 363 g/mol. The molecule has 1 saturated heterocycles. The highest BCUT2D eigenvalue weighted by molar-refractivity contribution is 7.18. The van der Waals surface area contributed by atoms with E-state index in [1.807, 2.05) is 0 Å². The molecule has 2 aromatic rings. The van der Waals surface area contributed by atoms with E-state index in [1.54, 1.807) is 18.3 Å². The summed E-state index contributed by atoms with van der Waals surface area (Å²) in [6, 6.07) is 6.83. The molecule has 126 valence electrons. The largest absolute Gasteiger partial charge is 0.462 e. The molecule has 3 heterocycles. The van der Waals surface area contributed by atoms with Crippen LogP contribution in [0.5, 0.6) is 0 Å². The summed E-state index contributed by atoms with van der Waals surface area (Å²) in [5.74, 6) is -0.378. The summed E-state index contributed by atoms with van der Waals surface area (Å²) in [4.78, 5) is 15.5. The van der Waals surface area contributed by atoms with Gasteiger partial charge in [-0.15, -0.1) is 22.7 Å². The molecule has 0 spiro atoms. The van der Waals surface area contributed by atoms with Crippen LogP contribution in [0.4, 0.5) is 5.00 Å². The zero-order chi connectivity index (χ0) is 17.1. The van der Waals surface area contributed by atoms with Crippen molar-refractivity contribution in [3.05, 3.63) is 38.4 Å². The van der Waals surface area contributed by atoms with Crippen molar-refractivity contribution in [3.8, 4) is 6.07 Å². The zero-order valence-electron chi connectivity index (χ0n) is 13.5. The predicted molar refractivity (Wildman–Crippen MR) is 95.2 cm³/mol. The highest BCUT2D eigenvalue weighted by atomic mass is 32.1. The Morgan fingerprint density at radius 2 is 2.42 bits per heavy atom. The van der Waals surface area contributed by atoms with Crippen molar-refractivity contribution >= 4 is 33.6 Å². The molecular formula is C17H20N3O2S2+. The second-order valence-electron chi connectivity index (χ2n) is 5.78. The lowest BCUT2D eigenvalue weighted by molar-refractivity contribution is -0.931. The van der Waals surface area contributed by atoms with E-state index in [4.69, 9.17) is 10.5 Å². The summed E-state index contributed by atoms with van der Waals surface area (Å²) in [6.45, 7) is 3.75. The number of likely N-dealkylation sites (tertiary alicyclic amines) is 1. The Morgan fingerprint density at radius 3 is 3.08 bits per heavy atom. The number of anilines is 1. The molecule has 0 aliphatic carbocycles. The van der Waals surface area contributed by atoms with Gasteiger partial charge < -0.3 is 15.4 Å². The molecule has 0 aromatic carbocycles. The van der Waals surface area contributed by atoms with Crippen LogP contribution in [0.25, 0.3) is 0 Å². The Balaban J connectivity index is 1.91. The lowest BCUT2D eigenvalue weighted by Gasteiger charge is -2.21. The summed E-state index contributed by atoms with van der Waals surface area (Å²) in [5, 5.41) is 12.0. The van der Waals surface area contributed by atoms with Crippen LogP contribution >= 0.6 is 22.7 Å². The number of hydrogen-bond donors (Lipinski definition) is 2. The number of rotatable bonds is 5. The van der Waals surface area contributed by atoms with E-state index in [9.17, 15) is 10.1 Å². The molecule has 3 rings (SSSR count). The minimum absolute atomic E-state index is 0.312. The molecule has 5 nitrogen and oxygen atoms in total. The van der Waals surface area contributed by atoms with E-state index in [1.165, 1.54) is 21.1 Å². The van der Waals surface area contributed by atoms with Crippen molar-refractivity contribution < 1.29 is 14.4 Å². The van der Waals surface area contributed by atoms with Crippen LogP contribution < -0.4 is 10.6 Å². The Hall–Kier alpha value is -1.88. The van der Waals surface area contributed by atoms with Crippen LogP contribution in [0, 0.1) is 11.3 Å². The number of esters is 1. The van der Waals surface area contributed by atoms with Gasteiger partial charge in [0.1, 0.15) is 28.5 Å². The van der Waals surface area contributed by atoms with Gasteiger partial charge in [0.15, 0.2) is 0 Å². The number of nitriles is 1. The summed E-state index contributed by atoms with van der Waals surface area (Å²) < 4.78 is 5.14. The van der Waals surface area contributed by atoms with Crippen molar-refractivity contribution in [3.63, 3.8) is 0 Å². The molecule has 2 atom stereocenters. The first-order chi connectivity index (χ1) is 11.7. The number of nitrogen functional groups attached to an aromatic ring is 1. The first-order valence-electron chi connectivity index (χ1n) is 8.02. The number of nitrogens with two attached hydrogens (primary N) is 1. The van der Waals surface area contributed by atoms with Gasteiger partial charge in [0, 0.05) is 12.8 Å². The van der Waals surface area contributed by atoms with Gasteiger partial charge in [-0.05, 0) is 18.4 Å². The molecular weight excluding hydrogens is 342 g/mol. The Labute approximate surface area is 149 Å². The fraction of sp³-hybridized carbons (Fsp3) is 0.412. The lowest BCUT2D eigenvalue weighted by atomic mass is 10.1. The number of carbonyl (C=O) groups is 1. The van der Waals surface area contributed by atoms with Crippen molar-refractivity contribution in [2.45, 2.75) is 32.4 Å². The Bertz CT molecular complexity index is 762. The molecule has 7 heteroatoms. The highest BCUT2D eigenvalue weighted by Gasteiger charge is 2.34. The van der Waals surface area contributed by atoms with E-state index < -0.39 is 0 Å². The maximum atomic E-state index is 12.2. The van der Waals surface area contributed by atoms with Crippen LogP contribution in [0.1, 0.15) is 51.5 Å². The number of thiophene rings is 2. The predicted octanol–water partition coefficient (Wildman–Crippen LogP) is 2.36. The fourth-order valence-corrected chi connectivity index (χ4v) is 5.17. The van der Waals surface area contributed by atoms with Crippen molar-refractivity contribution in [1.29, 1.82) is 5.26 Å². The molecule has 2 aromatic heterocycles. The van der Waals surface area contributed by atoms with Crippen LogP contribution in [0.2, 0.25) is 0 Å². The molecule has 0 saturated carbocycles. The number of carbonyl (C=O) groups excluding carboxylic acids is 1. The van der Waals surface area contributed by atoms with Crippen LogP contribution in [0.3, 0.4) is 0 Å². The quantitative estimate of drug-likeness (QED) is 0.800. The summed E-state index contributed by atoms with van der Waals surface area (Å²) in [7, 11) is 0. The summed E-state index contributed by atoms with van der Waals surface area (Å²) in [5.41, 5.74) is 7.16. The van der Waals surface area contributed by atoms with Gasteiger partial charge >= 0.3 is 5.97 Å². The van der Waals surface area contributed by atoms with E-state index in [2.05, 4.69) is 23.6 Å². The van der Waals surface area contributed by atoms with Gasteiger partial charge in [-0.3, -0.25) is 0 Å². The third-order valence-electron chi connectivity index (χ3n) is 4.38. The molecule has 1 fully saturated rings. The minimum Gasteiger partial charge on any atom is -0.462 e. The van der Waals surface area contributed by atoms with Gasteiger partial charge in [0.25, 0.3) is 0 Å². The standard InChI is InChI=1S/C17H19N3O2S2/c1-2-22-17(21)15-12(11(9-18)16(19)24-15)10-20-7-3-5-13(20)14-6-4-8-23-14/h4,6,8,13H,2-3,5,7,10,19H2,1H3/p+1/t13-/m1/s1. The van der Waals surface area contributed by atoms with E-state index in [0.717, 1.165) is 24.9 Å². The third kappa shape index (κ3) is 3.18. The van der Waals surface area contributed by atoms with Gasteiger partial charge in [-0.25, -0.2) is 4.79 Å². The van der Waals surface area contributed by atoms with Gasteiger partial charge in [-0.1, -0.05) is 6.07 Å². The first kappa shape index (κ1) is 17.0. The molecule has 0 amide bonds. The maximum absolute atomic E-state index is 12.2. The number of ether oxygens (including phenoxy) is 1. The van der Waals surface area contributed by atoms with Gasteiger partial charge in [0.05, 0.1) is 29.2 Å². The number of nitrogens with zero attached hydrogens (tertiary/aromatic N) is 1. The number of hydrogen-bond acceptors (Lipinski definition) is 6.